The fraction of sp³-hybridized carbons (Fsp3) is 0.100. The van der Waals surface area contributed by atoms with Crippen molar-refractivity contribution in [3.8, 4) is 0 Å². The molecule has 2 aromatic heterocycles. The summed E-state index contributed by atoms with van der Waals surface area (Å²) in [6.45, 7) is 5.32. The number of aromatic nitrogens is 3. The Kier molecular flexibility index (Phi) is 2.21. The fourth-order valence-electron chi connectivity index (χ4n) is 1.25. The zero-order valence-electron chi connectivity index (χ0n) is 8.27. The molecule has 5 heteroatoms. The molecule has 0 aliphatic rings. The summed E-state index contributed by atoms with van der Waals surface area (Å²) in [5.41, 5.74) is 1.57. The van der Waals surface area contributed by atoms with Gasteiger partial charge in [-0.15, -0.1) is 0 Å². The van der Waals surface area contributed by atoms with Crippen molar-refractivity contribution in [2.75, 3.05) is 0 Å². The number of amides is 1. The molecule has 1 N–H and O–H groups in total. The molecule has 0 atom stereocenters. The van der Waals surface area contributed by atoms with E-state index in [0.717, 1.165) is 0 Å². The molecular formula is C10H10N4O. The second kappa shape index (κ2) is 3.53. The van der Waals surface area contributed by atoms with Crippen molar-refractivity contribution < 1.29 is 4.79 Å². The van der Waals surface area contributed by atoms with Crippen LogP contribution in [0.25, 0.3) is 5.65 Å². The van der Waals surface area contributed by atoms with Crippen LogP contribution in [0.5, 0.6) is 0 Å². The minimum atomic E-state index is -0.240. The highest BCUT2D eigenvalue weighted by Crippen LogP contribution is 2.06. The maximum atomic E-state index is 11.7. The number of carbonyl (C=O) groups excluding carboxylic acids is 1. The fourth-order valence-corrected chi connectivity index (χ4v) is 1.25. The van der Waals surface area contributed by atoms with Gasteiger partial charge < -0.3 is 5.32 Å². The largest absolute Gasteiger partial charge is 0.326 e. The summed E-state index contributed by atoms with van der Waals surface area (Å²) in [4.78, 5) is 15.7. The third kappa shape index (κ3) is 1.71. The van der Waals surface area contributed by atoms with Crippen LogP contribution in [0.3, 0.4) is 0 Å². The molecule has 15 heavy (non-hydrogen) atoms. The van der Waals surface area contributed by atoms with Crippen molar-refractivity contribution in [2.45, 2.75) is 6.92 Å². The highest BCUT2D eigenvalue weighted by Gasteiger charge is 2.12. The van der Waals surface area contributed by atoms with E-state index >= 15 is 0 Å². The van der Waals surface area contributed by atoms with Gasteiger partial charge in [0.1, 0.15) is 5.56 Å². The number of hydrogen-bond acceptors (Lipinski definition) is 3. The topological polar surface area (TPSA) is 59.3 Å². The molecule has 0 unspecified atom stereocenters. The Morgan fingerprint density at radius 3 is 3.13 bits per heavy atom. The van der Waals surface area contributed by atoms with Gasteiger partial charge in [-0.25, -0.2) is 9.50 Å². The van der Waals surface area contributed by atoms with Crippen molar-refractivity contribution in [1.29, 1.82) is 0 Å². The zero-order chi connectivity index (χ0) is 10.8. The van der Waals surface area contributed by atoms with E-state index < -0.39 is 0 Å². The van der Waals surface area contributed by atoms with Gasteiger partial charge in [0.25, 0.3) is 5.91 Å². The van der Waals surface area contributed by atoms with E-state index in [1.807, 2.05) is 0 Å². The minimum Gasteiger partial charge on any atom is -0.326 e. The van der Waals surface area contributed by atoms with E-state index in [1.165, 1.54) is 6.20 Å². The van der Waals surface area contributed by atoms with Crippen LogP contribution < -0.4 is 5.32 Å². The average molecular weight is 202 g/mol. The molecule has 76 valence electrons. The van der Waals surface area contributed by atoms with Crippen LogP contribution in [-0.4, -0.2) is 20.5 Å². The second-order valence-electron chi connectivity index (χ2n) is 3.18. The van der Waals surface area contributed by atoms with E-state index in [4.69, 9.17) is 0 Å². The number of rotatable bonds is 2. The maximum Gasteiger partial charge on any atom is 0.260 e. The van der Waals surface area contributed by atoms with Crippen LogP contribution in [0.4, 0.5) is 0 Å². The van der Waals surface area contributed by atoms with Gasteiger partial charge in [0.15, 0.2) is 5.65 Å². The molecule has 5 nitrogen and oxygen atoms in total. The third-order valence-corrected chi connectivity index (χ3v) is 1.85. The van der Waals surface area contributed by atoms with E-state index in [0.29, 0.717) is 16.9 Å². The monoisotopic (exact) mass is 202 g/mol. The molecule has 0 fully saturated rings. The van der Waals surface area contributed by atoms with Gasteiger partial charge in [0, 0.05) is 18.1 Å². The predicted octanol–water partition coefficient (Wildman–Crippen LogP) is 0.993. The van der Waals surface area contributed by atoms with E-state index in [9.17, 15) is 4.79 Å². The average Bonchev–Trinajstić information content (AvgIpc) is 2.59. The smallest absolute Gasteiger partial charge is 0.260 e. The summed E-state index contributed by atoms with van der Waals surface area (Å²) in [6, 6.07) is 1.75. The van der Waals surface area contributed by atoms with Crippen LogP contribution in [0.1, 0.15) is 17.3 Å². The van der Waals surface area contributed by atoms with Gasteiger partial charge in [-0.05, 0) is 13.0 Å². The number of nitrogens with zero attached hydrogens (tertiary/aromatic N) is 3. The Labute approximate surface area is 86.4 Å². The SMILES string of the molecule is C=C(C)NC(=O)c1cnn2cccnc12. The van der Waals surface area contributed by atoms with Gasteiger partial charge >= 0.3 is 0 Å². The van der Waals surface area contributed by atoms with Gasteiger partial charge in [-0.3, -0.25) is 4.79 Å². The van der Waals surface area contributed by atoms with Crippen LogP contribution in [0, 0.1) is 0 Å². The summed E-state index contributed by atoms with van der Waals surface area (Å²) >= 11 is 0. The van der Waals surface area contributed by atoms with Crippen LogP contribution in [0.15, 0.2) is 36.9 Å². The van der Waals surface area contributed by atoms with E-state index in [2.05, 4.69) is 22.0 Å². The van der Waals surface area contributed by atoms with Crippen molar-refractivity contribution in [1.82, 2.24) is 19.9 Å². The van der Waals surface area contributed by atoms with Gasteiger partial charge in [-0.1, -0.05) is 6.58 Å². The summed E-state index contributed by atoms with van der Waals surface area (Å²) in [7, 11) is 0. The Bertz CT molecular complexity index is 529. The number of nitrogens with one attached hydrogen (secondary N) is 1. The zero-order valence-corrected chi connectivity index (χ0v) is 8.27. The van der Waals surface area contributed by atoms with Crippen molar-refractivity contribution >= 4 is 11.6 Å². The van der Waals surface area contributed by atoms with Gasteiger partial charge in [0.2, 0.25) is 0 Å². The molecule has 0 aromatic carbocycles. The molecule has 2 aromatic rings. The van der Waals surface area contributed by atoms with E-state index in [-0.39, 0.29) is 5.91 Å². The summed E-state index contributed by atoms with van der Waals surface area (Å²) in [5, 5.41) is 6.62. The lowest BCUT2D eigenvalue weighted by molar-refractivity contribution is 0.0967. The first kappa shape index (κ1) is 9.39. The molecule has 1 amide bonds. The highest BCUT2D eigenvalue weighted by molar-refractivity contribution is 6.00. The first-order chi connectivity index (χ1) is 7.18. The number of fused-ring (bicyclic) bond motifs is 1. The van der Waals surface area contributed by atoms with Gasteiger partial charge in [-0.2, -0.15) is 5.10 Å². The molecule has 0 aliphatic heterocycles. The first-order valence-corrected chi connectivity index (χ1v) is 4.43. The summed E-state index contributed by atoms with van der Waals surface area (Å²) in [5.74, 6) is -0.240. The standard InChI is InChI=1S/C10H10N4O/c1-7(2)13-10(15)8-6-12-14-5-3-4-11-9(8)14/h3-6H,1H2,2H3,(H,13,15). The highest BCUT2D eigenvalue weighted by atomic mass is 16.1. The number of allylic oxidation sites excluding steroid dienone is 1. The molecular weight excluding hydrogens is 192 g/mol. The molecule has 2 rings (SSSR count). The van der Waals surface area contributed by atoms with Crippen molar-refractivity contribution in [2.24, 2.45) is 0 Å². The quantitative estimate of drug-likeness (QED) is 0.790. The molecule has 0 radical (unpaired) electrons. The lowest BCUT2D eigenvalue weighted by Crippen LogP contribution is -2.20. The van der Waals surface area contributed by atoms with Crippen molar-refractivity contribution in [3.63, 3.8) is 0 Å². The molecule has 0 aliphatic carbocycles. The second-order valence-corrected chi connectivity index (χ2v) is 3.18. The lowest BCUT2D eigenvalue weighted by atomic mass is 10.3. The Morgan fingerprint density at radius 2 is 2.40 bits per heavy atom. The Morgan fingerprint density at radius 1 is 1.60 bits per heavy atom. The Hall–Kier alpha value is -2.17. The Balaban J connectivity index is 2.44. The number of carbonyl (C=O) groups is 1. The lowest BCUT2D eigenvalue weighted by Gasteiger charge is -2.00. The van der Waals surface area contributed by atoms with Crippen molar-refractivity contribution in [3.05, 3.63) is 42.5 Å². The normalized spacial score (nSPS) is 10.2. The third-order valence-electron chi connectivity index (χ3n) is 1.85. The van der Waals surface area contributed by atoms with Crippen LogP contribution in [-0.2, 0) is 0 Å². The predicted molar refractivity (Wildman–Crippen MR) is 55.3 cm³/mol. The molecule has 2 heterocycles. The van der Waals surface area contributed by atoms with E-state index in [1.54, 1.807) is 29.9 Å². The summed E-state index contributed by atoms with van der Waals surface area (Å²) < 4.78 is 1.55. The minimum absolute atomic E-state index is 0.240. The molecule has 0 saturated carbocycles. The molecule has 0 spiro atoms. The van der Waals surface area contributed by atoms with Gasteiger partial charge in [0.05, 0.1) is 6.20 Å². The first-order valence-electron chi connectivity index (χ1n) is 4.43. The molecule has 0 bridgehead atoms. The number of hydrogen-bond donors (Lipinski definition) is 1. The molecule has 0 saturated heterocycles. The van der Waals surface area contributed by atoms with Crippen LogP contribution in [0.2, 0.25) is 0 Å². The maximum absolute atomic E-state index is 11.7. The van der Waals surface area contributed by atoms with Crippen LogP contribution >= 0.6 is 0 Å². The summed E-state index contributed by atoms with van der Waals surface area (Å²) in [6.07, 6.45) is 4.84.